The smallest absolute Gasteiger partial charge is 0.255 e. The molecule has 2 N–H and O–H groups in total. The fourth-order valence-electron chi connectivity index (χ4n) is 3.79. The summed E-state index contributed by atoms with van der Waals surface area (Å²) < 4.78 is 7.61. The van der Waals surface area contributed by atoms with Gasteiger partial charge in [0.15, 0.2) is 0 Å². The van der Waals surface area contributed by atoms with Crippen molar-refractivity contribution in [3.63, 3.8) is 0 Å². The first kappa shape index (κ1) is 20.6. The Labute approximate surface area is 181 Å². The molecule has 0 saturated heterocycles. The molecule has 0 fully saturated rings. The predicted octanol–water partition coefficient (Wildman–Crippen LogP) is 4.01. The fourth-order valence-corrected chi connectivity index (χ4v) is 3.79. The van der Waals surface area contributed by atoms with Gasteiger partial charge < -0.3 is 15.4 Å². The molecule has 160 valence electrons. The van der Waals surface area contributed by atoms with E-state index in [9.17, 15) is 4.79 Å². The highest BCUT2D eigenvalue weighted by Gasteiger charge is 2.35. The maximum Gasteiger partial charge on any atom is 0.255 e. The Morgan fingerprint density at radius 1 is 1.19 bits per heavy atom. The van der Waals surface area contributed by atoms with Gasteiger partial charge in [0.1, 0.15) is 11.8 Å². The monoisotopic (exact) mass is 418 g/mol. The number of carbonyl (C=O) groups excluding carboxylic acids is 1. The third-order valence-electron chi connectivity index (χ3n) is 5.26. The first-order chi connectivity index (χ1) is 15.0. The first-order valence-corrected chi connectivity index (χ1v) is 10.4. The summed E-state index contributed by atoms with van der Waals surface area (Å²) in [6.45, 7) is 8.50. The highest BCUT2D eigenvalue weighted by molar-refractivity contribution is 6.06. The van der Waals surface area contributed by atoms with E-state index in [2.05, 4.69) is 33.1 Å². The van der Waals surface area contributed by atoms with E-state index in [1.54, 1.807) is 4.68 Å². The number of carbonyl (C=O) groups is 1. The Morgan fingerprint density at radius 3 is 2.77 bits per heavy atom. The number of hydrogen-bond donors (Lipinski definition) is 2. The van der Waals surface area contributed by atoms with Crippen LogP contribution in [0.5, 0.6) is 5.75 Å². The van der Waals surface area contributed by atoms with E-state index >= 15 is 0 Å². The number of amides is 1. The number of benzene rings is 2. The summed E-state index contributed by atoms with van der Waals surface area (Å²) in [5.74, 6) is 0.978. The third-order valence-corrected chi connectivity index (χ3v) is 5.26. The van der Waals surface area contributed by atoms with Crippen LogP contribution in [0.2, 0.25) is 0 Å². The van der Waals surface area contributed by atoms with Crippen LogP contribution >= 0.6 is 0 Å². The standard InChI is InChI=1S/C23H26N6O2/c1-5-12-31-19-9-7-6-8-17(19)21-20(16(4)24-23-26-27-28-29(21)23)22(30)25-18-11-10-14(2)13-15(18)3/h6-11,13,21H,5,12H2,1-4H3,(H,25,30)(H,24,26,28)/t21-/m1/s1. The van der Waals surface area contributed by atoms with Gasteiger partial charge >= 0.3 is 0 Å². The molecule has 2 aromatic carbocycles. The Bertz CT molecular complexity index is 1150. The highest BCUT2D eigenvalue weighted by Crippen LogP contribution is 2.39. The van der Waals surface area contributed by atoms with Gasteiger partial charge in [0.05, 0.1) is 12.2 Å². The van der Waals surface area contributed by atoms with E-state index in [0.717, 1.165) is 28.8 Å². The molecule has 0 radical (unpaired) electrons. The van der Waals surface area contributed by atoms with Gasteiger partial charge in [0, 0.05) is 16.9 Å². The largest absolute Gasteiger partial charge is 0.493 e. The molecule has 1 atom stereocenters. The van der Waals surface area contributed by atoms with Gasteiger partial charge in [0.25, 0.3) is 5.91 Å². The fraction of sp³-hybridized carbons (Fsp3) is 0.304. The van der Waals surface area contributed by atoms with Crippen LogP contribution in [0.4, 0.5) is 11.6 Å². The Balaban J connectivity index is 1.77. The van der Waals surface area contributed by atoms with Crippen LogP contribution in [-0.4, -0.2) is 32.7 Å². The summed E-state index contributed by atoms with van der Waals surface area (Å²) in [7, 11) is 0. The molecule has 1 aliphatic heterocycles. The Hall–Kier alpha value is -3.68. The topological polar surface area (TPSA) is 94.0 Å². The molecule has 0 saturated carbocycles. The number of tetrazole rings is 1. The van der Waals surface area contributed by atoms with Gasteiger partial charge in [-0.1, -0.05) is 47.9 Å². The van der Waals surface area contributed by atoms with Crippen LogP contribution in [0.1, 0.15) is 43.0 Å². The lowest BCUT2D eigenvalue weighted by molar-refractivity contribution is -0.113. The minimum atomic E-state index is -0.523. The van der Waals surface area contributed by atoms with E-state index in [-0.39, 0.29) is 5.91 Å². The molecule has 1 amide bonds. The molecule has 0 aliphatic carbocycles. The number of ether oxygens (including phenoxy) is 1. The molecule has 8 heteroatoms. The van der Waals surface area contributed by atoms with Gasteiger partial charge in [0.2, 0.25) is 5.95 Å². The summed E-state index contributed by atoms with van der Waals surface area (Å²) in [4.78, 5) is 13.5. The van der Waals surface area contributed by atoms with Crippen LogP contribution < -0.4 is 15.4 Å². The van der Waals surface area contributed by atoms with Gasteiger partial charge in [-0.15, -0.1) is 0 Å². The van der Waals surface area contributed by atoms with Gasteiger partial charge in [-0.2, -0.15) is 4.68 Å². The Kier molecular flexibility index (Phi) is 5.70. The van der Waals surface area contributed by atoms with Gasteiger partial charge in [-0.25, -0.2) is 0 Å². The molecule has 2 heterocycles. The van der Waals surface area contributed by atoms with E-state index in [0.29, 0.717) is 29.6 Å². The second-order valence-corrected chi connectivity index (χ2v) is 7.67. The van der Waals surface area contributed by atoms with Crippen molar-refractivity contribution in [3.8, 4) is 5.75 Å². The number of hydrogen-bond acceptors (Lipinski definition) is 6. The summed E-state index contributed by atoms with van der Waals surface area (Å²) in [6, 6.07) is 13.1. The second kappa shape index (κ2) is 8.59. The third kappa shape index (κ3) is 4.01. The van der Waals surface area contributed by atoms with E-state index < -0.39 is 6.04 Å². The quantitative estimate of drug-likeness (QED) is 0.628. The number of para-hydroxylation sites is 1. The van der Waals surface area contributed by atoms with Crippen molar-refractivity contribution in [2.24, 2.45) is 0 Å². The number of nitrogens with one attached hydrogen (secondary N) is 2. The normalized spacial score (nSPS) is 15.3. The number of nitrogens with zero attached hydrogens (tertiary/aromatic N) is 4. The van der Waals surface area contributed by atoms with Crippen LogP contribution in [0.25, 0.3) is 0 Å². The van der Waals surface area contributed by atoms with Crippen molar-refractivity contribution in [2.75, 3.05) is 17.2 Å². The van der Waals surface area contributed by atoms with E-state index in [1.807, 2.05) is 63.2 Å². The summed E-state index contributed by atoms with van der Waals surface area (Å²) in [6.07, 6.45) is 0.881. The second-order valence-electron chi connectivity index (χ2n) is 7.67. The molecule has 3 aromatic rings. The number of aryl methyl sites for hydroxylation is 2. The molecular weight excluding hydrogens is 392 g/mol. The predicted molar refractivity (Wildman–Crippen MR) is 119 cm³/mol. The van der Waals surface area contributed by atoms with E-state index in [1.165, 1.54) is 0 Å². The molecule has 0 spiro atoms. The highest BCUT2D eigenvalue weighted by atomic mass is 16.5. The molecular formula is C23H26N6O2. The molecule has 1 aliphatic rings. The lowest BCUT2D eigenvalue weighted by atomic mass is 9.94. The zero-order valence-electron chi connectivity index (χ0n) is 18.1. The van der Waals surface area contributed by atoms with Crippen molar-refractivity contribution in [1.29, 1.82) is 0 Å². The Morgan fingerprint density at radius 2 is 2.00 bits per heavy atom. The van der Waals surface area contributed by atoms with Crippen molar-refractivity contribution in [3.05, 3.63) is 70.4 Å². The van der Waals surface area contributed by atoms with Crippen molar-refractivity contribution < 1.29 is 9.53 Å². The van der Waals surface area contributed by atoms with Crippen LogP contribution in [0, 0.1) is 13.8 Å². The zero-order chi connectivity index (χ0) is 22.0. The SMILES string of the molecule is CCCOc1ccccc1[C@@H]1C(C(=O)Nc2ccc(C)cc2C)=C(C)Nc2nnnn21. The molecule has 4 rings (SSSR count). The minimum absolute atomic E-state index is 0.214. The minimum Gasteiger partial charge on any atom is -0.493 e. The number of fused-ring (bicyclic) bond motifs is 1. The van der Waals surface area contributed by atoms with Crippen LogP contribution in [-0.2, 0) is 4.79 Å². The van der Waals surface area contributed by atoms with Crippen LogP contribution in [0.15, 0.2) is 53.7 Å². The number of rotatable bonds is 6. The number of aromatic nitrogens is 4. The zero-order valence-corrected chi connectivity index (χ0v) is 18.1. The van der Waals surface area contributed by atoms with Gasteiger partial charge in [-0.05, 0) is 55.3 Å². The molecule has 1 aromatic heterocycles. The number of allylic oxidation sites excluding steroid dienone is 1. The number of anilines is 2. The maximum absolute atomic E-state index is 13.5. The average molecular weight is 419 g/mol. The summed E-state index contributed by atoms with van der Waals surface area (Å²) in [5, 5.41) is 18.2. The van der Waals surface area contributed by atoms with Crippen molar-refractivity contribution >= 4 is 17.5 Å². The van der Waals surface area contributed by atoms with Crippen molar-refractivity contribution in [2.45, 2.75) is 40.2 Å². The average Bonchev–Trinajstić information content (AvgIpc) is 3.21. The lowest BCUT2D eigenvalue weighted by Gasteiger charge is -2.29. The maximum atomic E-state index is 13.5. The molecule has 31 heavy (non-hydrogen) atoms. The van der Waals surface area contributed by atoms with E-state index in [4.69, 9.17) is 4.74 Å². The molecule has 8 nitrogen and oxygen atoms in total. The summed E-state index contributed by atoms with van der Waals surface area (Å²) >= 11 is 0. The van der Waals surface area contributed by atoms with Crippen molar-refractivity contribution in [1.82, 2.24) is 20.2 Å². The van der Waals surface area contributed by atoms with Gasteiger partial charge in [-0.3, -0.25) is 4.79 Å². The lowest BCUT2D eigenvalue weighted by Crippen LogP contribution is -2.32. The molecule has 0 bridgehead atoms. The summed E-state index contributed by atoms with van der Waals surface area (Å²) in [5.41, 5.74) is 4.97. The first-order valence-electron chi connectivity index (χ1n) is 10.4. The molecule has 0 unspecified atom stereocenters. The van der Waals surface area contributed by atoms with Crippen LogP contribution in [0.3, 0.4) is 0 Å².